The molecule has 1 saturated heterocycles. The molecule has 7 nitrogen and oxygen atoms in total. The molecule has 0 saturated carbocycles. The summed E-state index contributed by atoms with van der Waals surface area (Å²) in [4.78, 5) is 12.4. The standard InChI is InChI=1S/C22H25NO6/c1-13(9-16-5-7-18(8-6-16)23(25)26)10-17-11-19(28-12-17)21-14(2)20(24)15(3)22(27-4)29-21/h5-10,19,23,25H,11-12H2,1-4H3/t19-/m1/s1. The summed E-state index contributed by atoms with van der Waals surface area (Å²) in [6, 6.07) is 6.71. The van der Waals surface area contributed by atoms with Crippen molar-refractivity contribution in [1.29, 1.82) is 0 Å². The molecule has 7 heteroatoms. The molecule has 0 amide bonds. The lowest BCUT2D eigenvalue weighted by molar-refractivity contribution is -0.991. The predicted molar refractivity (Wildman–Crippen MR) is 108 cm³/mol. The molecule has 2 atom stereocenters. The summed E-state index contributed by atoms with van der Waals surface area (Å²) in [5.74, 6) is 0.726. The summed E-state index contributed by atoms with van der Waals surface area (Å²) in [5, 5.41) is 19.0. The number of rotatable bonds is 5. The molecule has 29 heavy (non-hydrogen) atoms. The van der Waals surface area contributed by atoms with Gasteiger partial charge in [-0.05, 0) is 44.0 Å². The number of hydrogen-bond donors (Lipinski definition) is 2. The highest BCUT2D eigenvalue weighted by molar-refractivity contribution is 5.57. The lowest BCUT2D eigenvalue weighted by Crippen LogP contribution is -2.99. The number of quaternary nitrogens is 1. The summed E-state index contributed by atoms with van der Waals surface area (Å²) < 4.78 is 16.8. The summed E-state index contributed by atoms with van der Waals surface area (Å²) in [6.07, 6.45) is 4.32. The molecule has 2 N–H and O–H groups in total. The summed E-state index contributed by atoms with van der Waals surface area (Å²) in [6.45, 7) is 5.85. The average molecular weight is 399 g/mol. The maximum Gasteiger partial charge on any atom is 0.291 e. The summed E-state index contributed by atoms with van der Waals surface area (Å²) in [7, 11) is 1.47. The topological polar surface area (TPSA) is 96.4 Å². The number of ether oxygens (including phenoxy) is 2. The molecular formula is C22H25NO6. The van der Waals surface area contributed by atoms with Gasteiger partial charge in [-0.15, -0.1) is 0 Å². The van der Waals surface area contributed by atoms with E-state index in [0.29, 0.717) is 29.9 Å². The van der Waals surface area contributed by atoms with Crippen LogP contribution < -0.4 is 15.4 Å². The van der Waals surface area contributed by atoms with Crippen molar-refractivity contribution < 1.29 is 24.3 Å². The van der Waals surface area contributed by atoms with Crippen LogP contribution >= 0.6 is 0 Å². The van der Waals surface area contributed by atoms with Gasteiger partial charge in [0.25, 0.3) is 5.95 Å². The Morgan fingerprint density at radius 1 is 1.28 bits per heavy atom. The second-order valence-electron chi connectivity index (χ2n) is 7.16. The lowest BCUT2D eigenvalue weighted by atomic mass is 10.0. The molecule has 0 radical (unpaired) electrons. The molecule has 1 aliphatic rings. The van der Waals surface area contributed by atoms with Crippen LogP contribution in [0, 0.1) is 19.1 Å². The molecule has 1 fully saturated rings. The highest BCUT2D eigenvalue weighted by Crippen LogP contribution is 2.35. The largest absolute Gasteiger partial charge is 0.595 e. The molecule has 0 bridgehead atoms. The first-order valence-electron chi connectivity index (χ1n) is 9.31. The van der Waals surface area contributed by atoms with Gasteiger partial charge in [-0.1, -0.05) is 17.7 Å². The smallest absolute Gasteiger partial charge is 0.291 e. The highest BCUT2D eigenvalue weighted by Gasteiger charge is 2.28. The van der Waals surface area contributed by atoms with E-state index in [1.807, 2.05) is 19.1 Å². The Bertz CT molecular complexity index is 1000. The molecule has 3 rings (SSSR count). The lowest BCUT2D eigenvalue weighted by Gasteiger charge is -2.13. The van der Waals surface area contributed by atoms with E-state index in [1.165, 1.54) is 7.11 Å². The van der Waals surface area contributed by atoms with Crippen LogP contribution in [0.3, 0.4) is 0 Å². The normalized spacial score (nSPS) is 19.6. The van der Waals surface area contributed by atoms with Gasteiger partial charge in [-0.3, -0.25) is 4.79 Å². The highest BCUT2D eigenvalue weighted by atomic mass is 16.8. The number of methoxy groups -OCH3 is 1. The van der Waals surface area contributed by atoms with Gasteiger partial charge in [-0.25, -0.2) is 5.21 Å². The van der Waals surface area contributed by atoms with Crippen LogP contribution in [0.25, 0.3) is 6.08 Å². The first-order chi connectivity index (χ1) is 13.8. The molecular weight excluding hydrogens is 374 g/mol. The Balaban J connectivity index is 1.77. The number of nitrogens with one attached hydrogen (secondary N) is 1. The van der Waals surface area contributed by atoms with Crippen LogP contribution in [-0.4, -0.2) is 18.9 Å². The van der Waals surface area contributed by atoms with Gasteiger partial charge in [0.2, 0.25) is 0 Å². The first kappa shape index (κ1) is 21.0. The van der Waals surface area contributed by atoms with Crippen molar-refractivity contribution in [3.05, 3.63) is 79.4 Å². The fourth-order valence-electron chi connectivity index (χ4n) is 3.42. The van der Waals surface area contributed by atoms with Gasteiger partial charge in [0.05, 0.1) is 19.3 Å². The zero-order chi connectivity index (χ0) is 21.1. The maximum atomic E-state index is 12.4. The van der Waals surface area contributed by atoms with Crippen LogP contribution in [0.4, 0.5) is 5.69 Å². The van der Waals surface area contributed by atoms with E-state index >= 15 is 0 Å². The van der Waals surface area contributed by atoms with E-state index in [1.54, 1.807) is 38.1 Å². The monoisotopic (exact) mass is 399 g/mol. The van der Waals surface area contributed by atoms with E-state index in [-0.39, 0.29) is 23.2 Å². The average Bonchev–Trinajstić information content (AvgIpc) is 3.14. The Hall–Kier alpha value is -2.71. The van der Waals surface area contributed by atoms with Crippen molar-refractivity contribution in [3.8, 4) is 5.95 Å². The van der Waals surface area contributed by atoms with Crippen LogP contribution in [0.2, 0.25) is 0 Å². The van der Waals surface area contributed by atoms with Crippen LogP contribution in [0.15, 0.2) is 50.7 Å². The molecule has 1 aromatic carbocycles. The fourth-order valence-corrected chi connectivity index (χ4v) is 3.42. The summed E-state index contributed by atoms with van der Waals surface area (Å²) in [5.41, 5.74) is 4.19. The van der Waals surface area contributed by atoms with Crippen LogP contribution in [0.1, 0.15) is 41.9 Å². The molecule has 2 aromatic rings. The third kappa shape index (κ3) is 4.65. The van der Waals surface area contributed by atoms with E-state index in [4.69, 9.17) is 19.1 Å². The quantitative estimate of drug-likeness (QED) is 0.750. The molecule has 1 unspecified atom stereocenters. The van der Waals surface area contributed by atoms with Crippen molar-refractivity contribution in [2.24, 2.45) is 0 Å². The minimum Gasteiger partial charge on any atom is -0.595 e. The van der Waals surface area contributed by atoms with Gasteiger partial charge in [0, 0.05) is 24.1 Å². The van der Waals surface area contributed by atoms with E-state index < -0.39 is 5.23 Å². The number of hydrogen-bond acceptors (Lipinski definition) is 6. The Labute approximate surface area is 169 Å². The molecule has 1 aliphatic heterocycles. The zero-order valence-corrected chi connectivity index (χ0v) is 16.9. The Kier molecular flexibility index (Phi) is 6.34. The van der Waals surface area contributed by atoms with E-state index in [9.17, 15) is 10.0 Å². The minimum absolute atomic E-state index is 0.0926. The zero-order valence-electron chi connectivity index (χ0n) is 16.9. The van der Waals surface area contributed by atoms with Crippen LogP contribution in [0.5, 0.6) is 5.95 Å². The Morgan fingerprint density at radius 2 is 1.97 bits per heavy atom. The minimum atomic E-state index is -0.941. The number of benzene rings is 1. The van der Waals surface area contributed by atoms with Gasteiger partial charge in [-0.2, -0.15) is 5.23 Å². The third-order valence-electron chi connectivity index (χ3n) is 4.94. The predicted octanol–water partition coefficient (Wildman–Crippen LogP) is 3.16. The first-order valence-corrected chi connectivity index (χ1v) is 9.31. The molecule has 154 valence electrons. The van der Waals surface area contributed by atoms with Gasteiger partial charge in [0.1, 0.15) is 11.9 Å². The van der Waals surface area contributed by atoms with E-state index in [0.717, 1.165) is 16.7 Å². The Morgan fingerprint density at radius 3 is 2.59 bits per heavy atom. The molecule has 0 spiro atoms. The SMILES string of the molecule is COc1oc([C@H]2CC(=CC(C)=Cc3ccc([NH+]([O-])O)cc3)CO2)c(C)c(=O)c1C. The third-order valence-corrected chi connectivity index (χ3v) is 4.94. The van der Waals surface area contributed by atoms with Crippen molar-refractivity contribution in [1.82, 2.24) is 0 Å². The van der Waals surface area contributed by atoms with Crippen molar-refractivity contribution in [3.63, 3.8) is 0 Å². The van der Waals surface area contributed by atoms with Crippen molar-refractivity contribution in [2.45, 2.75) is 33.3 Å². The molecule has 0 aliphatic carbocycles. The van der Waals surface area contributed by atoms with Gasteiger partial charge in [0.15, 0.2) is 11.1 Å². The summed E-state index contributed by atoms with van der Waals surface area (Å²) >= 11 is 0. The fraction of sp³-hybridized carbons (Fsp3) is 0.318. The van der Waals surface area contributed by atoms with Crippen LogP contribution in [-0.2, 0) is 4.74 Å². The molecule has 2 heterocycles. The number of allylic oxidation sites excluding steroid dienone is 2. The maximum absolute atomic E-state index is 12.4. The molecule has 1 aromatic heterocycles. The second-order valence-corrected chi connectivity index (χ2v) is 7.16. The van der Waals surface area contributed by atoms with Gasteiger partial charge >= 0.3 is 0 Å². The van der Waals surface area contributed by atoms with Gasteiger partial charge < -0.3 is 19.1 Å². The van der Waals surface area contributed by atoms with Crippen molar-refractivity contribution in [2.75, 3.05) is 13.7 Å². The van der Waals surface area contributed by atoms with E-state index in [2.05, 4.69) is 0 Å². The second kappa shape index (κ2) is 8.75. The van der Waals surface area contributed by atoms with Crippen molar-refractivity contribution >= 4 is 11.8 Å².